The summed E-state index contributed by atoms with van der Waals surface area (Å²) in [5.41, 5.74) is 5.30. The van der Waals surface area contributed by atoms with Crippen molar-refractivity contribution in [2.75, 3.05) is 7.05 Å². The van der Waals surface area contributed by atoms with Crippen LogP contribution in [-0.4, -0.2) is 23.4 Å². The number of thiophene rings is 1. The Morgan fingerprint density at radius 3 is 2.87 bits per heavy atom. The zero-order valence-electron chi connectivity index (χ0n) is 8.50. The lowest BCUT2D eigenvalue weighted by atomic mass is 10.2. The molecule has 5 heteroatoms. The summed E-state index contributed by atoms with van der Waals surface area (Å²) in [7, 11) is 1.81. The van der Waals surface area contributed by atoms with Gasteiger partial charge < -0.3 is 10.6 Å². The Kier molecular flexibility index (Phi) is 2.87. The number of halogens is 1. The third-order valence-corrected chi connectivity index (χ3v) is 4.26. The summed E-state index contributed by atoms with van der Waals surface area (Å²) in [6.45, 7) is 0.647. The Bertz CT molecular complexity index is 387. The largest absolute Gasteiger partial charge is 0.339 e. The van der Waals surface area contributed by atoms with Crippen LogP contribution in [-0.2, 0) is 11.3 Å². The number of carbonyl (C=O) groups is 1. The molecule has 0 unspecified atom stereocenters. The summed E-state index contributed by atoms with van der Waals surface area (Å²) in [5, 5.41) is 2.02. The smallest absolute Gasteiger partial charge is 0.242 e. The van der Waals surface area contributed by atoms with Crippen LogP contribution in [0, 0.1) is 0 Å². The van der Waals surface area contributed by atoms with E-state index in [0.29, 0.717) is 6.54 Å². The van der Waals surface area contributed by atoms with E-state index in [9.17, 15) is 4.79 Å². The molecule has 3 nitrogen and oxygen atoms in total. The van der Waals surface area contributed by atoms with Crippen LogP contribution in [0.2, 0.25) is 0 Å². The Morgan fingerprint density at radius 2 is 2.40 bits per heavy atom. The molecule has 82 valence electrons. The molecule has 2 rings (SSSR count). The lowest BCUT2D eigenvalue weighted by Gasteiger charge is -2.19. The topological polar surface area (TPSA) is 46.3 Å². The third-order valence-electron chi connectivity index (χ3n) is 2.58. The first-order valence-corrected chi connectivity index (χ1v) is 6.46. The average molecular weight is 289 g/mol. The molecule has 15 heavy (non-hydrogen) atoms. The van der Waals surface area contributed by atoms with Gasteiger partial charge in [-0.2, -0.15) is 0 Å². The minimum atomic E-state index is -0.552. The maximum atomic E-state index is 11.8. The molecule has 1 saturated carbocycles. The summed E-state index contributed by atoms with van der Waals surface area (Å²) in [6.07, 6.45) is 1.65. The Labute approximate surface area is 101 Å². The fourth-order valence-corrected chi connectivity index (χ4v) is 2.97. The third kappa shape index (κ3) is 2.41. The summed E-state index contributed by atoms with van der Waals surface area (Å²) < 4.78 is 1.07. The van der Waals surface area contributed by atoms with Crippen molar-refractivity contribution in [2.45, 2.75) is 24.9 Å². The molecule has 0 spiro atoms. The van der Waals surface area contributed by atoms with Crippen molar-refractivity contribution in [3.8, 4) is 0 Å². The number of carbonyl (C=O) groups excluding carboxylic acids is 1. The fourth-order valence-electron chi connectivity index (χ4n) is 1.47. The van der Waals surface area contributed by atoms with E-state index in [1.807, 2.05) is 18.5 Å². The van der Waals surface area contributed by atoms with Crippen LogP contribution in [0.25, 0.3) is 0 Å². The molecule has 0 aliphatic heterocycles. The molecular formula is C10H13BrN2OS. The quantitative estimate of drug-likeness (QED) is 0.924. The van der Waals surface area contributed by atoms with Crippen molar-refractivity contribution in [1.29, 1.82) is 0 Å². The fraction of sp³-hybridized carbons (Fsp3) is 0.500. The summed E-state index contributed by atoms with van der Waals surface area (Å²) in [6, 6.07) is 2.03. The van der Waals surface area contributed by atoms with Crippen molar-refractivity contribution in [2.24, 2.45) is 5.73 Å². The van der Waals surface area contributed by atoms with Gasteiger partial charge in [-0.15, -0.1) is 11.3 Å². The van der Waals surface area contributed by atoms with Crippen molar-refractivity contribution < 1.29 is 4.79 Å². The van der Waals surface area contributed by atoms with Gasteiger partial charge in [0.15, 0.2) is 0 Å². The average Bonchev–Trinajstić information content (AvgIpc) is 2.80. The molecule has 1 heterocycles. The summed E-state index contributed by atoms with van der Waals surface area (Å²) in [4.78, 5) is 14.7. The second-order valence-electron chi connectivity index (χ2n) is 4.05. The molecule has 2 N–H and O–H groups in total. The van der Waals surface area contributed by atoms with Crippen LogP contribution in [0.1, 0.15) is 17.7 Å². The molecule has 1 aliphatic rings. The van der Waals surface area contributed by atoms with E-state index in [4.69, 9.17) is 5.73 Å². The maximum absolute atomic E-state index is 11.8. The molecule has 1 aliphatic carbocycles. The van der Waals surface area contributed by atoms with Gasteiger partial charge in [-0.25, -0.2) is 0 Å². The Hall–Kier alpha value is -0.390. The van der Waals surface area contributed by atoms with Gasteiger partial charge in [0.25, 0.3) is 0 Å². The van der Waals surface area contributed by atoms with E-state index in [-0.39, 0.29) is 5.91 Å². The second kappa shape index (κ2) is 3.88. The standard InChI is InChI=1S/C10H13BrN2OS/c1-13(9(14)10(12)2-3-10)5-8-4-7(11)6-15-8/h4,6H,2-3,5,12H2,1H3. The molecule has 1 amide bonds. The first-order chi connectivity index (χ1) is 7.01. The molecular weight excluding hydrogens is 276 g/mol. The zero-order valence-corrected chi connectivity index (χ0v) is 10.9. The van der Waals surface area contributed by atoms with E-state index >= 15 is 0 Å². The van der Waals surface area contributed by atoms with Crippen molar-refractivity contribution in [3.05, 3.63) is 20.8 Å². The van der Waals surface area contributed by atoms with Gasteiger partial charge in [-0.05, 0) is 34.8 Å². The van der Waals surface area contributed by atoms with Crippen LogP contribution >= 0.6 is 27.3 Å². The van der Waals surface area contributed by atoms with Crippen LogP contribution in [0.3, 0.4) is 0 Å². The molecule has 1 aromatic heterocycles. The molecule has 0 aromatic carbocycles. The van der Waals surface area contributed by atoms with Crippen LogP contribution in [0.4, 0.5) is 0 Å². The number of hydrogen-bond donors (Lipinski definition) is 1. The molecule has 0 radical (unpaired) electrons. The number of rotatable bonds is 3. The summed E-state index contributed by atoms with van der Waals surface area (Å²) >= 11 is 5.04. The minimum Gasteiger partial charge on any atom is -0.339 e. The monoisotopic (exact) mass is 288 g/mol. The summed E-state index contributed by atoms with van der Waals surface area (Å²) in [5.74, 6) is 0.0621. The Morgan fingerprint density at radius 1 is 1.73 bits per heavy atom. The van der Waals surface area contributed by atoms with E-state index in [1.54, 1.807) is 16.2 Å². The molecule has 1 fully saturated rings. The van der Waals surface area contributed by atoms with Crippen molar-refractivity contribution >= 4 is 33.2 Å². The number of amides is 1. The number of likely N-dealkylation sites (N-methyl/N-ethyl adjacent to an activating group) is 1. The van der Waals surface area contributed by atoms with Gasteiger partial charge in [-0.1, -0.05) is 0 Å². The SMILES string of the molecule is CN(Cc1cc(Br)cs1)C(=O)C1(N)CC1. The number of hydrogen-bond acceptors (Lipinski definition) is 3. The van der Waals surface area contributed by atoms with Gasteiger partial charge in [0.2, 0.25) is 5.91 Å². The second-order valence-corrected chi connectivity index (χ2v) is 5.96. The van der Waals surface area contributed by atoms with Crippen LogP contribution in [0.15, 0.2) is 15.9 Å². The van der Waals surface area contributed by atoms with Gasteiger partial charge in [-0.3, -0.25) is 4.79 Å². The number of nitrogens with zero attached hydrogens (tertiary/aromatic N) is 1. The Balaban J connectivity index is 1.97. The van der Waals surface area contributed by atoms with E-state index < -0.39 is 5.54 Å². The lowest BCUT2D eigenvalue weighted by molar-refractivity contribution is -0.132. The first-order valence-electron chi connectivity index (χ1n) is 4.79. The van der Waals surface area contributed by atoms with E-state index in [1.165, 1.54) is 4.88 Å². The molecule has 0 saturated heterocycles. The van der Waals surface area contributed by atoms with Crippen LogP contribution in [0.5, 0.6) is 0 Å². The van der Waals surface area contributed by atoms with Gasteiger partial charge in [0.05, 0.1) is 12.1 Å². The highest BCUT2D eigenvalue weighted by molar-refractivity contribution is 9.10. The highest BCUT2D eigenvalue weighted by Crippen LogP contribution is 2.34. The van der Waals surface area contributed by atoms with Crippen molar-refractivity contribution in [3.63, 3.8) is 0 Å². The first kappa shape index (κ1) is 11.1. The van der Waals surface area contributed by atoms with Crippen molar-refractivity contribution in [1.82, 2.24) is 4.90 Å². The molecule has 0 atom stereocenters. The van der Waals surface area contributed by atoms with Gasteiger partial charge in [0.1, 0.15) is 0 Å². The normalized spacial score (nSPS) is 17.5. The molecule has 1 aromatic rings. The predicted octanol–water partition coefficient (Wildman–Crippen LogP) is 1.96. The van der Waals surface area contributed by atoms with Crippen LogP contribution < -0.4 is 5.73 Å². The highest BCUT2D eigenvalue weighted by atomic mass is 79.9. The van der Waals surface area contributed by atoms with Gasteiger partial charge in [0, 0.05) is 21.8 Å². The van der Waals surface area contributed by atoms with E-state index in [2.05, 4.69) is 15.9 Å². The van der Waals surface area contributed by atoms with Gasteiger partial charge >= 0.3 is 0 Å². The lowest BCUT2D eigenvalue weighted by Crippen LogP contribution is -2.43. The zero-order chi connectivity index (χ0) is 11.1. The minimum absolute atomic E-state index is 0.0621. The molecule has 0 bridgehead atoms. The van der Waals surface area contributed by atoms with E-state index in [0.717, 1.165) is 17.3 Å². The highest BCUT2D eigenvalue weighted by Gasteiger charge is 2.47. The maximum Gasteiger partial charge on any atom is 0.242 e. The predicted molar refractivity (Wildman–Crippen MR) is 64.6 cm³/mol. The number of nitrogens with two attached hydrogens (primary N) is 1.